The first-order valence-corrected chi connectivity index (χ1v) is 7.64. The maximum atomic E-state index is 11.9. The first kappa shape index (κ1) is 15.9. The average Bonchev–Trinajstić information content (AvgIpc) is 2.49. The van der Waals surface area contributed by atoms with Crippen LogP contribution in [-0.2, 0) is 4.79 Å². The lowest BCUT2D eigenvalue weighted by Crippen LogP contribution is -2.46. The van der Waals surface area contributed by atoms with E-state index in [1.54, 1.807) is 12.1 Å². The molecule has 3 N–H and O–H groups in total. The Hall–Kier alpha value is -1.46. The summed E-state index contributed by atoms with van der Waals surface area (Å²) < 4.78 is 0. The van der Waals surface area contributed by atoms with E-state index in [2.05, 4.69) is 16.2 Å². The van der Waals surface area contributed by atoms with E-state index in [-0.39, 0.29) is 11.8 Å². The summed E-state index contributed by atoms with van der Waals surface area (Å²) in [5, 5.41) is 3.32. The Morgan fingerprint density at radius 1 is 1.00 bits per heavy atom. The van der Waals surface area contributed by atoms with E-state index in [1.165, 1.54) is 12.5 Å². The molecule has 0 saturated heterocycles. The molecule has 0 aromatic heterocycles. The lowest BCUT2D eigenvalue weighted by molar-refractivity contribution is -0.126. The summed E-state index contributed by atoms with van der Waals surface area (Å²) in [5.41, 5.74) is 5.27. The smallest absolute Gasteiger partial charge is 0.307 e. The molecular formula is C14H17Cl2N3O2. The predicted octanol–water partition coefficient (Wildman–Crippen LogP) is 3.73. The van der Waals surface area contributed by atoms with Crippen molar-refractivity contribution in [2.24, 2.45) is 5.92 Å². The van der Waals surface area contributed by atoms with Crippen LogP contribution in [0.5, 0.6) is 0 Å². The Labute approximate surface area is 133 Å². The molecule has 1 aliphatic carbocycles. The zero-order valence-electron chi connectivity index (χ0n) is 11.4. The van der Waals surface area contributed by atoms with Gasteiger partial charge in [-0.25, -0.2) is 10.2 Å². The third kappa shape index (κ3) is 4.79. The SMILES string of the molecule is O=C(NNC(=O)C1CCCCC1)Nc1ccc(Cl)c(Cl)c1. The van der Waals surface area contributed by atoms with Gasteiger partial charge in [-0.3, -0.25) is 10.2 Å². The van der Waals surface area contributed by atoms with Gasteiger partial charge in [-0.05, 0) is 31.0 Å². The molecule has 1 saturated carbocycles. The molecule has 5 nitrogen and oxygen atoms in total. The van der Waals surface area contributed by atoms with Gasteiger partial charge in [-0.2, -0.15) is 0 Å². The van der Waals surface area contributed by atoms with Crippen LogP contribution >= 0.6 is 23.2 Å². The van der Waals surface area contributed by atoms with Crippen molar-refractivity contribution in [1.82, 2.24) is 10.9 Å². The van der Waals surface area contributed by atoms with E-state index in [9.17, 15) is 9.59 Å². The van der Waals surface area contributed by atoms with Gasteiger partial charge in [0.2, 0.25) is 5.91 Å². The van der Waals surface area contributed by atoms with Crippen molar-refractivity contribution in [2.45, 2.75) is 32.1 Å². The number of hydrazine groups is 1. The van der Waals surface area contributed by atoms with Crippen LogP contribution in [0.25, 0.3) is 0 Å². The molecular weight excluding hydrogens is 313 g/mol. The molecule has 1 fully saturated rings. The van der Waals surface area contributed by atoms with Crippen LogP contribution < -0.4 is 16.2 Å². The summed E-state index contributed by atoms with van der Waals surface area (Å²) in [5.74, 6) is -0.150. The molecule has 0 unspecified atom stereocenters. The van der Waals surface area contributed by atoms with Gasteiger partial charge in [0, 0.05) is 11.6 Å². The van der Waals surface area contributed by atoms with E-state index >= 15 is 0 Å². The van der Waals surface area contributed by atoms with Crippen molar-refractivity contribution in [3.05, 3.63) is 28.2 Å². The Bertz CT molecular complexity index is 531. The van der Waals surface area contributed by atoms with Crippen molar-refractivity contribution in [2.75, 3.05) is 5.32 Å². The fraction of sp³-hybridized carbons (Fsp3) is 0.429. The Morgan fingerprint density at radius 2 is 1.71 bits per heavy atom. The van der Waals surface area contributed by atoms with Gasteiger partial charge >= 0.3 is 6.03 Å². The van der Waals surface area contributed by atoms with Crippen LogP contribution in [0.15, 0.2) is 18.2 Å². The highest BCUT2D eigenvalue weighted by molar-refractivity contribution is 6.42. The van der Waals surface area contributed by atoms with Gasteiger partial charge in [0.15, 0.2) is 0 Å². The maximum Gasteiger partial charge on any atom is 0.337 e. The molecule has 0 radical (unpaired) electrons. The fourth-order valence-electron chi connectivity index (χ4n) is 2.32. The van der Waals surface area contributed by atoms with Gasteiger partial charge in [-0.1, -0.05) is 42.5 Å². The van der Waals surface area contributed by atoms with Crippen LogP contribution in [-0.4, -0.2) is 11.9 Å². The summed E-state index contributed by atoms with van der Waals surface area (Å²) in [6.45, 7) is 0. The molecule has 1 aromatic carbocycles. The molecule has 7 heteroatoms. The van der Waals surface area contributed by atoms with Crippen LogP contribution in [0.1, 0.15) is 32.1 Å². The van der Waals surface area contributed by atoms with E-state index < -0.39 is 6.03 Å². The molecule has 0 aliphatic heterocycles. The second kappa shape index (κ2) is 7.52. The monoisotopic (exact) mass is 329 g/mol. The number of hydrogen-bond acceptors (Lipinski definition) is 2. The first-order chi connectivity index (χ1) is 10.1. The number of nitrogens with one attached hydrogen (secondary N) is 3. The van der Waals surface area contributed by atoms with E-state index in [0.717, 1.165) is 25.7 Å². The van der Waals surface area contributed by atoms with Crippen molar-refractivity contribution in [3.8, 4) is 0 Å². The topological polar surface area (TPSA) is 70.2 Å². The van der Waals surface area contributed by atoms with Crippen LogP contribution in [0.3, 0.4) is 0 Å². The molecule has 2 rings (SSSR count). The minimum Gasteiger partial charge on any atom is -0.307 e. The third-order valence-corrected chi connectivity index (χ3v) is 4.19. The third-order valence-electron chi connectivity index (χ3n) is 3.45. The minimum atomic E-state index is -0.530. The highest BCUT2D eigenvalue weighted by Crippen LogP contribution is 2.25. The number of amides is 3. The standard InChI is InChI=1S/C14H17Cl2N3O2/c15-11-7-6-10(8-12(11)16)17-14(21)19-18-13(20)9-4-2-1-3-5-9/h6-9H,1-5H2,(H,18,20)(H2,17,19,21). The normalized spacial score (nSPS) is 15.3. The number of hydrogen-bond donors (Lipinski definition) is 3. The van der Waals surface area contributed by atoms with Crippen molar-refractivity contribution in [1.29, 1.82) is 0 Å². The second-order valence-corrected chi connectivity index (χ2v) is 5.85. The fourth-order valence-corrected chi connectivity index (χ4v) is 2.62. The lowest BCUT2D eigenvalue weighted by Gasteiger charge is -2.20. The molecule has 0 bridgehead atoms. The molecule has 0 heterocycles. The zero-order valence-corrected chi connectivity index (χ0v) is 12.9. The number of urea groups is 1. The number of anilines is 1. The highest BCUT2D eigenvalue weighted by atomic mass is 35.5. The molecule has 0 atom stereocenters. The summed E-state index contributed by atoms with van der Waals surface area (Å²) in [7, 11) is 0. The van der Waals surface area contributed by atoms with Crippen LogP contribution in [0.4, 0.5) is 10.5 Å². The Balaban J connectivity index is 1.78. The van der Waals surface area contributed by atoms with Gasteiger partial charge < -0.3 is 5.32 Å². The summed E-state index contributed by atoms with van der Waals surface area (Å²) in [6.07, 6.45) is 5.06. The molecule has 1 aromatic rings. The first-order valence-electron chi connectivity index (χ1n) is 6.88. The molecule has 1 aliphatic rings. The molecule has 21 heavy (non-hydrogen) atoms. The molecule has 0 spiro atoms. The van der Waals surface area contributed by atoms with Crippen LogP contribution in [0, 0.1) is 5.92 Å². The highest BCUT2D eigenvalue weighted by Gasteiger charge is 2.21. The van der Waals surface area contributed by atoms with E-state index in [0.29, 0.717) is 15.7 Å². The summed E-state index contributed by atoms with van der Waals surface area (Å²) in [4.78, 5) is 23.5. The average molecular weight is 330 g/mol. The van der Waals surface area contributed by atoms with Crippen LogP contribution in [0.2, 0.25) is 10.0 Å². The molecule has 3 amide bonds. The van der Waals surface area contributed by atoms with Gasteiger partial charge in [0.1, 0.15) is 0 Å². The van der Waals surface area contributed by atoms with Gasteiger partial charge in [0.05, 0.1) is 10.0 Å². The predicted molar refractivity (Wildman–Crippen MR) is 83.3 cm³/mol. The quantitative estimate of drug-likeness (QED) is 0.723. The zero-order chi connectivity index (χ0) is 15.2. The van der Waals surface area contributed by atoms with Gasteiger partial charge in [-0.15, -0.1) is 0 Å². The Kier molecular flexibility index (Phi) is 5.70. The maximum absolute atomic E-state index is 11.9. The summed E-state index contributed by atoms with van der Waals surface area (Å²) >= 11 is 11.6. The van der Waals surface area contributed by atoms with E-state index in [1.807, 2.05) is 0 Å². The number of halogens is 2. The lowest BCUT2D eigenvalue weighted by atomic mass is 9.89. The van der Waals surface area contributed by atoms with Crippen molar-refractivity contribution < 1.29 is 9.59 Å². The second-order valence-electron chi connectivity index (χ2n) is 5.03. The minimum absolute atomic E-state index is 0.0102. The largest absolute Gasteiger partial charge is 0.337 e. The number of benzene rings is 1. The van der Waals surface area contributed by atoms with Crippen molar-refractivity contribution >= 4 is 40.8 Å². The number of carbonyl (C=O) groups is 2. The number of rotatable bonds is 2. The van der Waals surface area contributed by atoms with E-state index in [4.69, 9.17) is 23.2 Å². The Morgan fingerprint density at radius 3 is 2.38 bits per heavy atom. The molecule has 114 valence electrons. The van der Waals surface area contributed by atoms with Crippen molar-refractivity contribution in [3.63, 3.8) is 0 Å². The van der Waals surface area contributed by atoms with Gasteiger partial charge in [0.25, 0.3) is 0 Å². The summed E-state index contributed by atoms with van der Waals surface area (Å²) in [6, 6.07) is 4.21. The number of carbonyl (C=O) groups excluding carboxylic acids is 2.